The van der Waals surface area contributed by atoms with Crippen LogP contribution in [0.4, 0.5) is 0 Å². The third-order valence-corrected chi connectivity index (χ3v) is 3.74. The number of rotatable bonds is 1. The summed E-state index contributed by atoms with van der Waals surface area (Å²) in [7, 11) is 0. The molecule has 1 saturated heterocycles. The molecule has 1 aromatic carbocycles. The normalized spacial score (nSPS) is 22.4. The van der Waals surface area contributed by atoms with E-state index >= 15 is 0 Å². The number of aliphatic hydroxyl groups is 2. The van der Waals surface area contributed by atoms with Crippen LogP contribution in [0, 0.1) is 0 Å². The fourth-order valence-electron chi connectivity index (χ4n) is 2.34. The fourth-order valence-corrected chi connectivity index (χ4v) is 2.60. The van der Waals surface area contributed by atoms with Crippen molar-refractivity contribution in [1.29, 1.82) is 0 Å². The maximum absolute atomic E-state index is 12.3. The highest BCUT2D eigenvalue weighted by atomic mass is 35.5. The first-order valence-corrected chi connectivity index (χ1v) is 6.65. The molecule has 2 heterocycles. The van der Waals surface area contributed by atoms with Crippen LogP contribution in [-0.4, -0.2) is 51.3 Å². The van der Waals surface area contributed by atoms with E-state index in [1.165, 1.54) is 11.0 Å². The van der Waals surface area contributed by atoms with Crippen molar-refractivity contribution in [2.24, 2.45) is 0 Å². The van der Waals surface area contributed by atoms with Gasteiger partial charge < -0.3 is 15.1 Å². The first-order chi connectivity index (χ1) is 9.56. The number of carbonyl (C=O) groups excluding carboxylic acids is 1. The Bertz CT molecular complexity index is 667. The van der Waals surface area contributed by atoms with Gasteiger partial charge in [0, 0.05) is 18.5 Å². The van der Waals surface area contributed by atoms with Crippen LogP contribution in [0.25, 0.3) is 10.9 Å². The number of amides is 1. The summed E-state index contributed by atoms with van der Waals surface area (Å²) in [4.78, 5) is 18.0. The Balaban J connectivity index is 1.96. The van der Waals surface area contributed by atoms with Crippen molar-refractivity contribution in [3.8, 4) is 0 Å². The van der Waals surface area contributed by atoms with E-state index in [4.69, 9.17) is 11.6 Å². The summed E-state index contributed by atoms with van der Waals surface area (Å²) >= 11 is 6.16. The van der Waals surface area contributed by atoms with E-state index < -0.39 is 12.2 Å². The Labute approximate surface area is 120 Å². The number of fused-ring (bicyclic) bond motifs is 1. The molecule has 1 fully saturated rings. The number of carbonyl (C=O) groups is 1. The SMILES string of the molecule is O=C(c1cc(Cl)c2ccccc2n1)N1CC(O)C(O)C1. The monoisotopic (exact) mass is 292 g/mol. The van der Waals surface area contributed by atoms with Gasteiger partial charge in [0.25, 0.3) is 5.91 Å². The average Bonchev–Trinajstić information content (AvgIpc) is 2.78. The first kappa shape index (κ1) is 13.3. The Morgan fingerprint density at radius 2 is 1.90 bits per heavy atom. The van der Waals surface area contributed by atoms with Crippen LogP contribution in [0.5, 0.6) is 0 Å². The van der Waals surface area contributed by atoms with Crippen LogP contribution in [0.3, 0.4) is 0 Å². The lowest BCUT2D eigenvalue weighted by Gasteiger charge is -2.15. The van der Waals surface area contributed by atoms with E-state index in [0.717, 1.165) is 5.39 Å². The Morgan fingerprint density at radius 3 is 2.60 bits per heavy atom. The number of pyridine rings is 1. The van der Waals surface area contributed by atoms with Crippen molar-refractivity contribution < 1.29 is 15.0 Å². The van der Waals surface area contributed by atoms with E-state index in [2.05, 4.69) is 4.98 Å². The van der Waals surface area contributed by atoms with Gasteiger partial charge in [-0.25, -0.2) is 4.98 Å². The molecule has 2 atom stereocenters. The Hall–Kier alpha value is -1.69. The van der Waals surface area contributed by atoms with Gasteiger partial charge in [-0.15, -0.1) is 0 Å². The highest BCUT2D eigenvalue weighted by Crippen LogP contribution is 2.24. The van der Waals surface area contributed by atoms with E-state index in [9.17, 15) is 15.0 Å². The number of aromatic nitrogens is 1. The maximum atomic E-state index is 12.3. The first-order valence-electron chi connectivity index (χ1n) is 6.27. The topological polar surface area (TPSA) is 73.7 Å². The molecule has 3 rings (SSSR count). The van der Waals surface area contributed by atoms with Crippen molar-refractivity contribution in [2.45, 2.75) is 12.2 Å². The number of hydrogen-bond acceptors (Lipinski definition) is 4. The molecule has 2 unspecified atom stereocenters. The number of β-amino-alcohol motifs (C(OH)–C–C–N with tert-alkyl or cyclic N) is 2. The summed E-state index contributed by atoms with van der Waals surface area (Å²) in [5, 5.41) is 20.2. The number of aliphatic hydroxyl groups excluding tert-OH is 2. The molecule has 0 saturated carbocycles. The van der Waals surface area contributed by atoms with Gasteiger partial charge in [-0.1, -0.05) is 29.8 Å². The maximum Gasteiger partial charge on any atom is 0.272 e. The summed E-state index contributed by atoms with van der Waals surface area (Å²) in [6, 6.07) is 8.81. The molecule has 2 aromatic rings. The second-order valence-corrected chi connectivity index (χ2v) is 5.26. The lowest BCUT2D eigenvalue weighted by Crippen LogP contribution is -2.30. The van der Waals surface area contributed by atoms with Gasteiger partial charge in [-0.2, -0.15) is 0 Å². The number of likely N-dealkylation sites (tertiary alicyclic amines) is 1. The largest absolute Gasteiger partial charge is 0.388 e. The van der Waals surface area contributed by atoms with E-state index in [1.807, 2.05) is 18.2 Å². The summed E-state index contributed by atoms with van der Waals surface area (Å²) < 4.78 is 0. The minimum absolute atomic E-state index is 0.103. The lowest BCUT2D eigenvalue weighted by molar-refractivity contribution is 0.0572. The van der Waals surface area contributed by atoms with Gasteiger partial charge >= 0.3 is 0 Å². The molecule has 104 valence electrons. The summed E-state index contributed by atoms with van der Waals surface area (Å²) in [5.74, 6) is -0.340. The highest BCUT2D eigenvalue weighted by Gasteiger charge is 2.33. The van der Waals surface area contributed by atoms with Crippen molar-refractivity contribution in [3.05, 3.63) is 41.0 Å². The van der Waals surface area contributed by atoms with Crippen LogP contribution >= 0.6 is 11.6 Å². The van der Waals surface area contributed by atoms with E-state index in [0.29, 0.717) is 10.5 Å². The fraction of sp³-hybridized carbons (Fsp3) is 0.286. The molecular formula is C14H13ClN2O3. The zero-order chi connectivity index (χ0) is 14.3. The quantitative estimate of drug-likeness (QED) is 0.824. The number of hydrogen-bond donors (Lipinski definition) is 2. The second-order valence-electron chi connectivity index (χ2n) is 4.85. The van der Waals surface area contributed by atoms with Gasteiger partial charge in [0.15, 0.2) is 0 Å². The molecule has 0 bridgehead atoms. The van der Waals surface area contributed by atoms with Crippen LogP contribution in [0.2, 0.25) is 5.02 Å². The molecule has 1 aromatic heterocycles. The van der Waals surface area contributed by atoms with Crippen LogP contribution < -0.4 is 0 Å². The molecule has 1 aliphatic rings. The highest BCUT2D eigenvalue weighted by molar-refractivity contribution is 6.35. The smallest absolute Gasteiger partial charge is 0.272 e. The molecule has 2 N–H and O–H groups in total. The van der Waals surface area contributed by atoms with Crippen LogP contribution in [-0.2, 0) is 0 Å². The molecule has 1 aliphatic heterocycles. The summed E-state index contributed by atoms with van der Waals surface area (Å²) in [6.45, 7) is 0.207. The van der Waals surface area contributed by atoms with Gasteiger partial charge in [0.05, 0.1) is 22.7 Å². The van der Waals surface area contributed by atoms with Gasteiger partial charge in [0.2, 0.25) is 0 Å². The van der Waals surface area contributed by atoms with Gasteiger partial charge in [-0.05, 0) is 12.1 Å². The number of nitrogens with zero attached hydrogens (tertiary/aromatic N) is 2. The van der Waals surface area contributed by atoms with Crippen molar-refractivity contribution >= 4 is 28.4 Å². The summed E-state index contributed by atoms with van der Waals surface area (Å²) in [6.07, 6.45) is -1.82. The number of benzene rings is 1. The van der Waals surface area contributed by atoms with Crippen molar-refractivity contribution in [1.82, 2.24) is 9.88 Å². The standard InChI is InChI=1S/C14H13ClN2O3/c15-9-5-11(16-10-4-2-1-3-8(9)10)14(20)17-6-12(18)13(19)7-17/h1-5,12-13,18-19H,6-7H2. The zero-order valence-corrected chi connectivity index (χ0v) is 11.3. The number of para-hydroxylation sites is 1. The van der Waals surface area contributed by atoms with Gasteiger partial charge in [0.1, 0.15) is 5.69 Å². The van der Waals surface area contributed by atoms with Crippen molar-refractivity contribution in [3.63, 3.8) is 0 Å². The summed E-state index contributed by atoms with van der Waals surface area (Å²) in [5.41, 5.74) is 0.860. The van der Waals surface area contributed by atoms with Crippen LogP contribution in [0.15, 0.2) is 30.3 Å². The predicted octanol–water partition coefficient (Wildman–Crippen LogP) is 1.07. The third-order valence-electron chi connectivity index (χ3n) is 3.43. The molecule has 0 radical (unpaired) electrons. The third kappa shape index (κ3) is 2.24. The average molecular weight is 293 g/mol. The molecule has 20 heavy (non-hydrogen) atoms. The van der Waals surface area contributed by atoms with E-state index in [-0.39, 0.29) is 24.7 Å². The molecule has 0 aliphatic carbocycles. The molecule has 5 nitrogen and oxygen atoms in total. The van der Waals surface area contributed by atoms with E-state index in [1.54, 1.807) is 6.07 Å². The zero-order valence-electron chi connectivity index (χ0n) is 10.5. The molecule has 6 heteroatoms. The van der Waals surface area contributed by atoms with Crippen LogP contribution in [0.1, 0.15) is 10.5 Å². The Morgan fingerprint density at radius 1 is 1.25 bits per heavy atom. The number of halogens is 1. The minimum Gasteiger partial charge on any atom is -0.388 e. The minimum atomic E-state index is -0.908. The predicted molar refractivity (Wildman–Crippen MR) is 74.7 cm³/mol. The van der Waals surface area contributed by atoms with Crippen molar-refractivity contribution in [2.75, 3.05) is 13.1 Å². The molecule has 1 amide bonds. The molecular weight excluding hydrogens is 280 g/mol. The lowest BCUT2D eigenvalue weighted by atomic mass is 10.2. The molecule has 0 spiro atoms. The second kappa shape index (κ2) is 5.01. The Kier molecular flexibility index (Phi) is 3.33. The van der Waals surface area contributed by atoms with Gasteiger partial charge in [-0.3, -0.25) is 4.79 Å².